The van der Waals surface area contributed by atoms with Crippen LogP contribution in [-0.2, 0) is 7.05 Å². The molecule has 2 aromatic heterocycles. The summed E-state index contributed by atoms with van der Waals surface area (Å²) in [6, 6.07) is 3.75. The van der Waals surface area contributed by atoms with Gasteiger partial charge in [0.25, 0.3) is 0 Å². The number of hydrogen-bond acceptors (Lipinski definition) is 4. The van der Waals surface area contributed by atoms with Gasteiger partial charge in [0.05, 0.1) is 6.04 Å². The SMILES string of the molecule is Cc1ccnc(NC(=O)N2CCN(C)[C@H](c3nccn3C)C2)c1. The Morgan fingerprint density at radius 3 is 2.78 bits per heavy atom. The minimum absolute atomic E-state index is 0.0972. The maximum absolute atomic E-state index is 12.5. The molecule has 1 atom stereocenters. The predicted octanol–water partition coefficient (Wildman–Crippen LogP) is 1.64. The molecule has 0 aromatic carbocycles. The Bertz CT molecular complexity index is 697. The van der Waals surface area contributed by atoms with Gasteiger partial charge in [0.1, 0.15) is 11.6 Å². The highest BCUT2D eigenvalue weighted by molar-refractivity contribution is 5.88. The van der Waals surface area contributed by atoms with Crippen molar-refractivity contribution in [3.05, 3.63) is 42.1 Å². The highest BCUT2D eigenvalue weighted by Crippen LogP contribution is 2.22. The quantitative estimate of drug-likeness (QED) is 0.915. The third-order valence-corrected chi connectivity index (χ3v) is 4.24. The van der Waals surface area contributed by atoms with Crippen LogP contribution in [0, 0.1) is 6.92 Å². The molecule has 1 saturated heterocycles. The van der Waals surface area contributed by atoms with Crippen LogP contribution in [-0.4, -0.2) is 57.0 Å². The van der Waals surface area contributed by atoms with Crippen LogP contribution in [0.5, 0.6) is 0 Å². The molecule has 2 aromatic rings. The second-order valence-electron chi connectivity index (χ2n) is 5.99. The zero-order chi connectivity index (χ0) is 16.4. The average Bonchev–Trinajstić information content (AvgIpc) is 2.93. The molecule has 1 N–H and O–H groups in total. The van der Waals surface area contributed by atoms with Crippen LogP contribution in [0.1, 0.15) is 17.4 Å². The maximum Gasteiger partial charge on any atom is 0.323 e. The van der Waals surface area contributed by atoms with E-state index in [2.05, 4.69) is 27.2 Å². The Labute approximate surface area is 135 Å². The monoisotopic (exact) mass is 314 g/mol. The maximum atomic E-state index is 12.5. The van der Waals surface area contributed by atoms with E-state index in [1.165, 1.54) is 0 Å². The Morgan fingerprint density at radius 1 is 1.26 bits per heavy atom. The van der Waals surface area contributed by atoms with Crippen LogP contribution in [0.2, 0.25) is 0 Å². The summed E-state index contributed by atoms with van der Waals surface area (Å²) in [7, 11) is 4.04. The topological polar surface area (TPSA) is 66.3 Å². The van der Waals surface area contributed by atoms with E-state index in [9.17, 15) is 4.79 Å². The van der Waals surface area contributed by atoms with E-state index in [0.29, 0.717) is 18.9 Å². The number of carbonyl (C=O) groups excluding carboxylic acids is 1. The van der Waals surface area contributed by atoms with Crippen LogP contribution in [0.25, 0.3) is 0 Å². The molecule has 0 unspecified atom stereocenters. The van der Waals surface area contributed by atoms with Crippen LogP contribution in [0.15, 0.2) is 30.7 Å². The molecule has 0 saturated carbocycles. The van der Waals surface area contributed by atoms with Gasteiger partial charge in [-0.05, 0) is 31.7 Å². The van der Waals surface area contributed by atoms with E-state index in [0.717, 1.165) is 17.9 Å². The zero-order valence-corrected chi connectivity index (χ0v) is 13.7. The zero-order valence-electron chi connectivity index (χ0n) is 13.7. The lowest BCUT2D eigenvalue weighted by molar-refractivity contribution is 0.110. The Balaban J connectivity index is 1.71. The largest absolute Gasteiger partial charge is 0.337 e. The molecule has 3 heterocycles. The third-order valence-electron chi connectivity index (χ3n) is 4.24. The second kappa shape index (κ2) is 6.37. The number of carbonyl (C=O) groups is 1. The standard InChI is InChI=1S/C16H22N6O/c1-12-4-5-17-14(10-12)19-16(23)22-9-8-20(2)13(11-22)15-18-6-7-21(15)3/h4-7,10,13H,8-9,11H2,1-3H3,(H,17,19,23)/t13-/m0/s1. The Hall–Kier alpha value is -2.41. The van der Waals surface area contributed by atoms with Gasteiger partial charge in [-0.2, -0.15) is 0 Å². The number of nitrogens with one attached hydrogen (secondary N) is 1. The fourth-order valence-corrected chi connectivity index (χ4v) is 2.83. The van der Waals surface area contributed by atoms with Crippen molar-refractivity contribution in [3.63, 3.8) is 0 Å². The molecule has 3 rings (SSSR count). The molecular formula is C16H22N6O. The van der Waals surface area contributed by atoms with Crippen molar-refractivity contribution < 1.29 is 4.79 Å². The van der Waals surface area contributed by atoms with Gasteiger partial charge in [0.2, 0.25) is 0 Å². The van der Waals surface area contributed by atoms with Gasteiger partial charge in [-0.25, -0.2) is 14.8 Å². The highest BCUT2D eigenvalue weighted by Gasteiger charge is 2.30. The number of hydrogen-bond donors (Lipinski definition) is 1. The molecule has 0 aliphatic carbocycles. The van der Waals surface area contributed by atoms with E-state index < -0.39 is 0 Å². The fraction of sp³-hybridized carbons (Fsp3) is 0.438. The van der Waals surface area contributed by atoms with E-state index >= 15 is 0 Å². The summed E-state index contributed by atoms with van der Waals surface area (Å²) in [6.07, 6.45) is 5.42. The normalized spacial score (nSPS) is 18.9. The number of piperazine rings is 1. The number of likely N-dealkylation sites (N-methyl/N-ethyl adjacent to an activating group) is 1. The van der Waals surface area contributed by atoms with Crippen LogP contribution in [0.4, 0.5) is 10.6 Å². The summed E-state index contributed by atoms with van der Waals surface area (Å²) in [5.41, 5.74) is 1.07. The summed E-state index contributed by atoms with van der Waals surface area (Å²) in [5, 5.41) is 2.88. The average molecular weight is 314 g/mol. The number of pyridine rings is 1. The van der Waals surface area contributed by atoms with Crippen molar-refractivity contribution in [1.82, 2.24) is 24.3 Å². The summed E-state index contributed by atoms with van der Waals surface area (Å²) >= 11 is 0. The first-order valence-electron chi connectivity index (χ1n) is 7.70. The van der Waals surface area contributed by atoms with Gasteiger partial charge < -0.3 is 9.47 Å². The van der Waals surface area contributed by atoms with Gasteiger partial charge in [0.15, 0.2) is 0 Å². The van der Waals surface area contributed by atoms with E-state index in [1.807, 2.05) is 41.8 Å². The van der Waals surface area contributed by atoms with Crippen molar-refractivity contribution in [2.75, 3.05) is 32.0 Å². The first-order chi connectivity index (χ1) is 11.0. The van der Waals surface area contributed by atoms with Gasteiger partial charge in [0, 0.05) is 45.3 Å². The molecule has 1 fully saturated rings. The van der Waals surface area contributed by atoms with Crippen molar-refractivity contribution in [2.24, 2.45) is 7.05 Å². The van der Waals surface area contributed by atoms with Crippen LogP contribution in [0.3, 0.4) is 0 Å². The van der Waals surface area contributed by atoms with E-state index in [4.69, 9.17) is 0 Å². The lowest BCUT2D eigenvalue weighted by Gasteiger charge is -2.38. The molecule has 1 aliphatic heterocycles. The molecule has 0 spiro atoms. The van der Waals surface area contributed by atoms with E-state index in [-0.39, 0.29) is 12.1 Å². The molecular weight excluding hydrogens is 292 g/mol. The third kappa shape index (κ3) is 3.34. The van der Waals surface area contributed by atoms with Gasteiger partial charge in [-0.3, -0.25) is 10.2 Å². The van der Waals surface area contributed by atoms with Gasteiger partial charge >= 0.3 is 6.03 Å². The molecule has 2 amide bonds. The number of imidazole rings is 1. The molecule has 1 aliphatic rings. The number of urea groups is 1. The van der Waals surface area contributed by atoms with Crippen molar-refractivity contribution >= 4 is 11.8 Å². The molecule has 0 radical (unpaired) electrons. The number of anilines is 1. The summed E-state index contributed by atoms with van der Waals surface area (Å²) < 4.78 is 2.00. The van der Waals surface area contributed by atoms with Crippen molar-refractivity contribution in [2.45, 2.75) is 13.0 Å². The Morgan fingerprint density at radius 2 is 2.09 bits per heavy atom. The molecule has 23 heavy (non-hydrogen) atoms. The number of amides is 2. The summed E-state index contributed by atoms with van der Waals surface area (Å²) in [6.45, 7) is 4.09. The summed E-state index contributed by atoms with van der Waals surface area (Å²) in [4.78, 5) is 25.2. The molecule has 7 nitrogen and oxygen atoms in total. The van der Waals surface area contributed by atoms with Gasteiger partial charge in [-0.15, -0.1) is 0 Å². The summed E-state index contributed by atoms with van der Waals surface area (Å²) in [5.74, 6) is 1.56. The highest BCUT2D eigenvalue weighted by atomic mass is 16.2. The minimum atomic E-state index is -0.115. The second-order valence-corrected chi connectivity index (χ2v) is 5.99. The van der Waals surface area contributed by atoms with Crippen molar-refractivity contribution in [3.8, 4) is 0 Å². The van der Waals surface area contributed by atoms with Gasteiger partial charge in [-0.1, -0.05) is 0 Å². The first kappa shape index (κ1) is 15.5. The van der Waals surface area contributed by atoms with Crippen LogP contribution < -0.4 is 5.32 Å². The van der Waals surface area contributed by atoms with Crippen molar-refractivity contribution in [1.29, 1.82) is 0 Å². The number of rotatable bonds is 2. The number of nitrogens with zero attached hydrogens (tertiary/aromatic N) is 5. The minimum Gasteiger partial charge on any atom is -0.337 e. The Kier molecular flexibility index (Phi) is 4.29. The number of aryl methyl sites for hydroxylation is 2. The van der Waals surface area contributed by atoms with E-state index in [1.54, 1.807) is 12.4 Å². The molecule has 0 bridgehead atoms. The predicted molar refractivity (Wildman–Crippen MR) is 88.1 cm³/mol. The van der Waals surface area contributed by atoms with Crippen LogP contribution >= 0.6 is 0 Å². The lowest BCUT2D eigenvalue weighted by Crippen LogP contribution is -2.50. The molecule has 7 heteroatoms. The fourth-order valence-electron chi connectivity index (χ4n) is 2.83. The number of aromatic nitrogens is 3. The molecule has 122 valence electrons. The first-order valence-corrected chi connectivity index (χ1v) is 7.70. The smallest absolute Gasteiger partial charge is 0.323 e. The lowest BCUT2D eigenvalue weighted by atomic mass is 10.1.